The molecule has 1 amide bonds. The molecule has 2 rings (SSSR count). The second-order valence-electron chi connectivity index (χ2n) is 5.04. The standard InChI is InChI=1S/C18H21NO3/c1-13-7-6-9-16(14(13)2)19-18(20)15-8-4-5-10-17(15)22-12-11-21-3/h4-10H,11-12H2,1-3H3,(H,19,20). The zero-order valence-electron chi connectivity index (χ0n) is 13.2. The number of carbonyl (C=O) groups is 1. The molecule has 0 fully saturated rings. The fourth-order valence-corrected chi connectivity index (χ4v) is 2.09. The normalized spacial score (nSPS) is 10.3. The number of nitrogens with one attached hydrogen (secondary N) is 1. The molecule has 0 saturated heterocycles. The second kappa shape index (κ2) is 7.61. The number of aryl methyl sites for hydroxylation is 1. The molecule has 0 saturated carbocycles. The van der Waals surface area contributed by atoms with Crippen molar-refractivity contribution in [3.63, 3.8) is 0 Å². The lowest BCUT2D eigenvalue weighted by Crippen LogP contribution is -2.15. The monoisotopic (exact) mass is 299 g/mol. The number of para-hydroxylation sites is 1. The fourth-order valence-electron chi connectivity index (χ4n) is 2.09. The topological polar surface area (TPSA) is 47.6 Å². The highest BCUT2D eigenvalue weighted by atomic mass is 16.5. The quantitative estimate of drug-likeness (QED) is 0.829. The Kier molecular flexibility index (Phi) is 5.55. The smallest absolute Gasteiger partial charge is 0.259 e. The van der Waals surface area contributed by atoms with E-state index in [1.54, 1.807) is 19.2 Å². The number of hydrogen-bond donors (Lipinski definition) is 1. The highest BCUT2D eigenvalue weighted by Crippen LogP contribution is 2.22. The van der Waals surface area contributed by atoms with E-state index in [-0.39, 0.29) is 5.91 Å². The van der Waals surface area contributed by atoms with Crippen molar-refractivity contribution >= 4 is 11.6 Å². The summed E-state index contributed by atoms with van der Waals surface area (Å²) in [5.74, 6) is 0.379. The first-order valence-electron chi connectivity index (χ1n) is 7.22. The van der Waals surface area contributed by atoms with Gasteiger partial charge in [-0.05, 0) is 43.2 Å². The highest BCUT2D eigenvalue weighted by molar-refractivity contribution is 6.06. The third kappa shape index (κ3) is 3.86. The van der Waals surface area contributed by atoms with Crippen LogP contribution in [0.4, 0.5) is 5.69 Å². The van der Waals surface area contributed by atoms with Crippen molar-refractivity contribution in [3.8, 4) is 5.75 Å². The fraction of sp³-hybridized carbons (Fsp3) is 0.278. The first-order valence-corrected chi connectivity index (χ1v) is 7.22. The predicted molar refractivity (Wildman–Crippen MR) is 87.7 cm³/mol. The van der Waals surface area contributed by atoms with E-state index in [0.29, 0.717) is 24.5 Å². The Labute approximate surface area is 131 Å². The largest absolute Gasteiger partial charge is 0.490 e. The summed E-state index contributed by atoms with van der Waals surface area (Å²) < 4.78 is 10.6. The maximum Gasteiger partial charge on any atom is 0.259 e. The van der Waals surface area contributed by atoms with Gasteiger partial charge in [0.05, 0.1) is 12.2 Å². The summed E-state index contributed by atoms with van der Waals surface area (Å²) in [5, 5.41) is 2.95. The van der Waals surface area contributed by atoms with E-state index in [4.69, 9.17) is 9.47 Å². The van der Waals surface area contributed by atoms with Crippen LogP contribution in [-0.2, 0) is 4.74 Å². The maximum absolute atomic E-state index is 12.5. The van der Waals surface area contributed by atoms with Crippen LogP contribution < -0.4 is 10.1 Å². The van der Waals surface area contributed by atoms with Gasteiger partial charge < -0.3 is 14.8 Å². The number of hydrogen-bond acceptors (Lipinski definition) is 3. The molecule has 2 aromatic carbocycles. The first kappa shape index (κ1) is 16.0. The molecule has 0 heterocycles. The van der Waals surface area contributed by atoms with E-state index in [1.165, 1.54) is 0 Å². The van der Waals surface area contributed by atoms with Gasteiger partial charge in [0.1, 0.15) is 12.4 Å². The van der Waals surface area contributed by atoms with Crippen molar-refractivity contribution in [2.75, 3.05) is 25.6 Å². The van der Waals surface area contributed by atoms with Crippen molar-refractivity contribution in [3.05, 3.63) is 59.2 Å². The summed E-state index contributed by atoms with van der Waals surface area (Å²) in [6.45, 7) is 4.90. The average Bonchev–Trinajstić information content (AvgIpc) is 2.52. The van der Waals surface area contributed by atoms with Crippen LogP contribution in [0.5, 0.6) is 5.75 Å². The van der Waals surface area contributed by atoms with Gasteiger partial charge in [0, 0.05) is 12.8 Å². The van der Waals surface area contributed by atoms with E-state index in [2.05, 4.69) is 5.32 Å². The third-order valence-electron chi connectivity index (χ3n) is 3.53. The van der Waals surface area contributed by atoms with E-state index in [1.807, 2.05) is 44.2 Å². The van der Waals surface area contributed by atoms with Crippen molar-refractivity contribution < 1.29 is 14.3 Å². The Balaban J connectivity index is 2.17. The van der Waals surface area contributed by atoms with E-state index in [0.717, 1.165) is 16.8 Å². The zero-order valence-corrected chi connectivity index (χ0v) is 13.2. The van der Waals surface area contributed by atoms with Crippen molar-refractivity contribution in [1.29, 1.82) is 0 Å². The molecule has 0 aliphatic carbocycles. The van der Waals surface area contributed by atoms with E-state index < -0.39 is 0 Å². The lowest BCUT2D eigenvalue weighted by molar-refractivity contribution is 0.101. The molecule has 4 nitrogen and oxygen atoms in total. The maximum atomic E-state index is 12.5. The van der Waals surface area contributed by atoms with Gasteiger partial charge in [-0.1, -0.05) is 24.3 Å². The third-order valence-corrected chi connectivity index (χ3v) is 3.53. The van der Waals surface area contributed by atoms with Gasteiger partial charge in [0.2, 0.25) is 0 Å². The Bertz CT molecular complexity index is 653. The molecule has 0 spiro atoms. The molecule has 116 valence electrons. The zero-order chi connectivity index (χ0) is 15.9. The van der Waals surface area contributed by atoms with Gasteiger partial charge >= 0.3 is 0 Å². The molecule has 0 bridgehead atoms. The Morgan fingerprint density at radius 3 is 2.59 bits per heavy atom. The van der Waals surface area contributed by atoms with Gasteiger partial charge in [-0.3, -0.25) is 4.79 Å². The minimum atomic E-state index is -0.179. The van der Waals surface area contributed by atoms with Gasteiger partial charge in [0.25, 0.3) is 5.91 Å². The molecule has 0 aliphatic heterocycles. The van der Waals surface area contributed by atoms with Crippen LogP contribution in [0.25, 0.3) is 0 Å². The summed E-state index contributed by atoms with van der Waals surface area (Å²) in [5.41, 5.74) is 3.53. The molecule has 0 unspecified atom stereocenters. The molecule has 0 aliphatic rings. The average molecular weight is 299 g/mol. The van der Waals surface area contributed by atoms with Gasteiger partial charge in [-0.25, -0.2) is 0 Å². The number of amides is 1. The van der Waals surface area contributed by atoms with Crippen LogP contribution in [-0.4, -0.2) is 26.2 Å². The minimum absolute atomic E-state index is 0.179. The minimum Gasteiger partial charge on any atom is -0.490 e. The van der Waals surface area contributed by atoms with Crippen LogP contribution in [0.1, 0.15) is 21.5 Å². The summed E-state index contributed by atoms with van der Waals surface area (Å²) in [7, 11) is 1.61. The molecule has 2 aromatic rings. The summed E-state index contributed by atoms with van der Waals surface area (Å²) in [4.78, 5) is 12.5. The molecule has 4 heteroatoms. The van der Waals surface area contributed by atoms with E-state index >= 15 is 0 Å². The molecular weight excluding hydrogens is 278 g/mol. The van der Waals surface area contributed by atoms with Crippen LogP contribution in [0.15, 0.2) is 42.5 Å². The van der Waals surface area contributed by atoms with E-state index in [9.17, 15) is 4.79 Å². The van der Waals surface area contributed by atoms with Crippen molar-refractivity contribution in [1.82, 2.24) is 0 Å². The predicted octanol–water partition coefficient (Wildman–Crippen LogP) is 3.58. The number of rotatable bonds is 6. The lowest BCUT2D eigenvalue weighted by Gasteiger charge is -2.13. The highest BCUT2D eigenvalue weighted by Gasteiger charge is 2.13. The molecule has 1 N–H and O–H groups in total. The van der Waals surface area contributed by atoms with Crippen LogP contribution in [0.2, 0.25) is 0 Å². The van der Waals surface area contributed by atoms with Crippen LogP contribution in [0.3, 0.4) is 0 Å². The Hall–Kier alpha value is -2.33. The van der Waals surface area contributed by atoms with Crippen LogP contribution >= 0.6 is 0 Å². The van der Waals surface area contributed by atoms with Crippen LogP contribution in [0, 0.1) is 13.8 Å². The van der Waals surface area contributed by atoms with Crippen molar-refractivity contribution in [2.24, 2.45) is 0 Å². The Morgan fingerprint density at radius 2 is 1.82 bits per heavy atom. The number of benzene rings is 2. The summed E-state index contributed by atoms with van der Waals surface area (Å²) in [6, 6.07) is 13.1. The molecule has 0 radical (unpaired) electrons. The van der Waals surface area contributed by atoms with Gasteiger partial charge in [-0.2, -0.15) is 0 Å². The number of anilines is 1. The van der Waals surface area contributed by atoms with Gasteiger partial charge in [-0.15, -0.1) is 0 Å². The van der Waals surface area contributed by atoms with Gasteiger partial charge in [0.15, 0.2) is 0 Å². The molecule has 0 aromatic heterocycles. The van der Waals surface area contributed by atoms with Crippen molar-refractivity contribution in [2.45, 2.75) is 13.8 Å². The Morgan fingerprint density at radius 1 is 1.05 bits per heavy atom. The summed E-state index contributed by atoms with van der Waals surface area (Å²) in [6.07, 6.45) is 0. The first-order chi connectivity index (χ1) is 10.6. The number of ether oxygens (including phenoxy) is 2. The number of methoxy groups -OCH3 is 1. The number of carbonyl (C=O) groups excluding carboxylic acids is 1. The lowest BCUT2D eigenvalue weighted by atomic mass is 10.1. The SMILES string of the molecule is COCCOc1ccccc1C(=O)Nc1cccc(C)c1C. The molecule has 0 atom stereocenters. The second-order valence-corrected chi connectivity index (χ2v) is 5.04. The molecular formula is C18H21NO3. The molecule has 22 heavy (non-hydrogen) atoms. The summed E-state index contributed by atoms with van der Waals surface area (Å²) >= 11 is 0.